The van der Waals surface area contributed by atoms with Crippen molar-refractivity contribution in [2.24, 2.45) is 5.41 Å². The largest absolute Gasteiger partial charge is 0.481 e. The second kappa shape index (κ2) is 6.37. The molecular formula is C16H21N5O3S. The molecular weight excluding hydrogens is 342 g/mol. The van der Waals surface area contributed by atoms with Crippen LogP contribution in [0.5, 0.6) is 0 Å². The number of aliphatic hydroxyl groups excluding tert-OH is 1. The van der Waals surface area contributed by atoms with Crippen molar-refractivity contribution in [2.45, 2.75) is 19.1 Å². The number of hydrogen-bond acceptors (Lipinski definition) is 9. The zero-order chi connectivity index (χ0) is 17.4. The first kappa shape index (κ1) is 16.4. The summed E-state index contributed by atoms with van der Waals surface area (Å²) in [6, 6.07) is 2.21. The molecule has 1 aromatic rings. The number of morpholine rings is 1. The number of rotatable bonds is 5. The molecule has 1 saturated heterocycles. The van der Waals surface area contributed by atoms with Crippen LogP contribution in [0.1, 0.15) is 12.8 Å². The molecule has 134 valence electrons. The average molecular weight is 363 g/mol. The first-order chi connectivity index (χ1) is 12.2. The summed E-state index contributed by atoms with van der Waals surface area (Å²) in [4.78, 5) is 6.90. The molecule has 25 heavy (non-hydrogen) atoms. The summed E-state index contributed by atoms with van der Waals surface area (Å²) in [5.74, 6) is 0.632. The van der Waals surface area contributed by atoms with E-state index in [1.54, 1.807) is 7.11 Å². The number of anilines is 1. The molecule has 0 aromatic carbocycles. The Labute approximate surface area is 149 Å². The molecule has 3 heterocycles. The van der Waals surface area contributed by atoms with Crippen molar-refractivity contribution in [3.05, 3.63) is 9.88 Å². The maximum Gasteiger partial charge on any atom is 0.215 e. The maximum atomic E-state index is 10.3. The van der Waals surface area contributed by atoms with Gasteiger partial charge in [-0.05, 0) is 12.8 Å². The Morgan fingerprint density at radius 1 is 1.48 bits per heavy atom. The first-order valence-corrected chi connectivity index (χ1v) is 9.19. The predicted molar refractivity (Wildman–Crippen MR) is 92.5 cm³/mol. The van der Waals surface area contributed by atoms with Gasteiger partial charge in [-0.25, -0.2) is 4.98 Å². The van der Waals surface area contributed by atoms with Crippen LogP contribution in [-0.2, 0) is 9.47 Å². The highest BCUT2D eigenvalue weighted by molar-refractivity contribution is 7.13. The van der Waals surface area contributed by atoms with E-state index in [0.29, 0.717) is 43.6 Å². The van der Waals surface area contributed by atoms with Crippen molar-refractivity contribution < 1.29 is 14.6 Å². The highest BCUT2D eigenvalue weighted by Crippen LogP contribution is 2.48. The van der Waals surface area contributed by atoms with E-state index in [0.717, 1.165) is 23.0 Å². The van der Waals surface area contributed by atoms with E-state index in [9.17, 15) is 10.4 Å². The SMILES string of the molecule is COC1=c2nc(NC(O)C3(C#N)CC3)sc2=C(N2CCOCC2)CN1. The minimum atomic E-state index is -0.907. The number of aromatic nitrogens is 1. The fourth-order valence-corrected chi connectivity index (χ4v) is 4.21. The van der Waals surface area contributed by atoms with Gasteiger partial charge < -0.3 is 30.1 Å². The van der Waals surface area contributed by atoms with Crippen LogP contribution < -0.4 is 20.5 Å². The van der Waals surface area contributed by atoms with Gasteiger partial charge in [0.2, 0.25) is 5.88 Å². The van der Waals surface area contributed by atoms with E-state index in [2.05, 4.69) is 26.6 Å². The molecule has 1 unspecified atom stereocenters. The van der Waals surface area contributed by atoms with E-state index in [1.807, 2.05) is 0 Å². The van der Waals surface area contributed by atoms with Gasteiger partial charge in [-0.15, -0.1) is 0 Å². The Kier molecular flexibility index (Phi) is 4.19. The minimum Gasteiger partial charge on any atom is -0.481 e. The summed E-state index contributed by atoms with van der Waals surface area (Å²) in [6.07, 6.45) is 0.520. The minimum absolute atomic E-state index is 0.600. The summed E-state index contributed by atoms with van der Waals surface area (Å²) in [7, 11) is 1.61. The summed E-state index contributed by atoms with van der Waals surface area (Å²) in [5.41, 5.74) is 0.496. The second-order valence-corrected chi connectivity index (χ2v) is 7.44. The zero-order valence-corrected chi connectivity index (χ0v) is 14.9. The highest BCUT2D eigenvalue weighted by atomic mass is 32.1. The third-order valence-corrected chi connectivity index (χ3v) is 5.95. The summed E-state index contributed by atoms with van der Waals surface area (Å²) >= 11 is 1.49. The Balaban J connectivity index is 1.71. The van der Waals surface area contributed by atoms with Crippen LogP contribution in [0, 0.1) is 16.7 Å². The van der Waals surface area contributed by atoms with Crippen LogP contribution in [-0.4, -0.2) is 61.2 Å². The average Bonchev–Trinajstić information content (AvgIpc) is 3.35. The van der Waals surface area contributed by atoms with Gasteiger partial charge in [0.05, 0.1) is 43.2 Å². The third kappa shape index (κ3) is 2.90. The van der Waals surface area contributed by atoms with Crippen molar-refractivity contribution in [3.8, 4) is 6.07 Å². The van der Waals surface area contributed by atoms with Crippen LogP contribution in [0.3, 0.4) is 0 Å². The molecule has 1 atom stereocenters. The van der Waals surface area contributed by atoms with Crippen molar-refractivity contribution in [3.63, 3.8) is 0 Å². The van der Waals surface area contributed by atoms with Gasteiger partial charge in [0, 0.05) is 13.1 Å². The lowest BCUT2D eigenvalue weighted by Gasteiger charge is -2.32. The summed E-state index contributed by atoms with van der Waals surface area (Å²) in [6.45, 7) is 3.79. The quantitative estimate of drug-likeness (QED) is 0.569. The van der Waals surface area contributed by atoms with Crippen molar-refractivity contribution in [2.75, 3.05) is 45.3 Å². The van der Waals surface area contributed by atoms with Gasteiger partial charge in [0.1, 0.15) is 17.0 Å². The van der Waals surface area contributed by atoms with Gasteiger partial charge in [-0.1, -0.05) is 11.3 Å². The lowest BCUT2D eigenvalue weighted by atomic mass is 10.1. The predicted octanol–water partition coefficient (Wildman–Crippen LogP) is -1.07. The van der Waals surface area contributed by atoms with E-state index in [1.165, 1.54) is 17.0 Å². The van der Waals surface area contributed by atoms with E-state index >= 15 is 0 Å². The van der Waals surface area contributed by atoms with Gasteiger partial charge in [0.25, 0.3) is 0 Å². The number of nitrogens with one attached hydrogen (secondary N) is 2. The molecule has 2 aliphatic heterocycles. The van der Waals surface area contributed by atoms with E-state index < -0.39 is 11.6 Å². The second-order valence-electron chi connectivity index (χ2n) is 6.44. The van der Waals surface area contributed by atoms with Crippen molar-refractivity contribution >= 4 is 28.0 Å². The fourth-order valence-electron chi connectivity index (χ4n) is 3.15. The molecule has 9 heteroatoms. The fraction of sp³-hybridized carbons (Fsp3) is 0.625. The monoisotopic (exact) mass is 363 g/mol. The smallest absolute Gasteiger partial charge is 0.215 e. The number of methoxy groups -OCH3 is 1. The number of nitriles is 1. The molecule has 2 fully saturated rings. The lowest BCUT2D eigenvalue weighted by molar-refractivity contribution is 0.0623. The molecule has 1 aromatic heterocycles. The van der Waals surface area contributed by atoms with Crippen LogP contribution >= 0.6 is 11.3 Å². The topological polar surface area (TPSA) is 103 Å². The third-order valence-electron chi connectivity index (χ3n) is 4.91. The summed E-state index contributed by atoms with van der Waals surface area (Å²) < 4.78 is 11.9. The Bertz CT molecular complexity index is 820. The number of hydrogen-bond donors (Lipinski definition) is 3. The van der Waals surface area contributed by atoms with Crippen molar-refractivity contribution in [1.29, 1.82) is 5.26 Å². The molecule has 4 rings (SSSR count). The summed E-state index contributed by atoms with van der Waals surface area (Å²) in [5, 5.41) is 27.2. The van der Waals surface area contributed by atoms with Crippen molar-refractivity contribution in [1.82, 2.24) is 15.2 Å². The lowest BCUT2D eigenvalue weighted by Crippen LogP contribution is -2.47. The molecule has 0 spiro atoms. The molecule has 1 saturated carbocycles. The van der Waals surface area contributed by atoms with E-state index in [-0.39, 0.29) is 0 Å². The van der Waals surface area contributed by atoms with Crippen LogP contribution in [0.4, 0.5) is 5.13 Å². The molecule has 1 aliphatic carbocycles. The standard InChI is InChI=1S/C16H21N5O3S/c1-23-13-11-12(10(8-18-13)21-4-6-24-7-5-21)25-15(19-11)20-14(22)16(9-17)2-3-16/h14,18,22H,2-8H2,1H3,(H,19,20). The zero-order valence-electron chi connectivity index (χ0n) is 14.0. The van der Waals surface area contributed by atoms with Crippen LogP contribution in [0.25, 0.3) is 11.6 Å². The number of nitrogens with zero attached hydrogens (tertiary/aromatic N) is 3. The Morgan fingerprint density at radius 2 is 2.24 bits per heavy atom. The number of fused-ring (bicyclic) bond motifs is 1. The molecule has 3 aliphatic rings. The molecule has 0 bridgehead atoms. The van der Waals surface area contributed by atoms with Gasteiger partial charge >= 0.3 is 0 Å². The Morgan fingerprint density at radius 3 is 2.88 bits per heavy atom. The van der Waals surface area contributed by atoms with Crippen LogP contribution in [0.15, 0.2) is 0 Å². The Hall–Kier alpha value is -2.02. The molecule has 0 radical (unpaired) electrons. The first-order valence-electron chi connectivity index (χ1n) is 8.37. The molecule has 3 N–H and O–H groups in total. The normalized spacial score (nSPS) is 22.5. The number of aliphatic hydroxyl groups is 1. The molecule has 8 nitrogen and oxygen atoms in total. The van der Waals surface area contributed by atoms with E-state index in [4.69, 9.17) is 9.47 Å². The van der Waals surface area contributed by atoms with Crippen LogP contribution in [0.2, 0.25) is 0 Å². The highest BCUT2D eigenvalue weighted by Gasteiger charge is 2.50. The number of ether oxygens (including phenoxy) is 2. The van der Waals surface area contributed by atoms with Gasteiger partial charge in [0.15, 0.2) is 5.13 Å². The molecule has 0 amide bonds. The maximum absolute atomic E-state index is 10.3. The van der Waals surface area contributed by atoms with Gasteiger partial charge in [-0.3, -0.25) is 0 Å². The number of thiazole rings is 1. The van der Waals surface area contributed by atoms with Gasteiger partial charge in [-0.2, -0.15) is 5.26 Å².